The topological polar surface area (TPSA) is 37.4 Å². The Morgan fingerprint density at radius 1 is 1.54 bits per heavy atom. The Labute approximate surface area is 81.9 Å². The van der Waals surface area contributed by atoms with Gasteiger partial charge in [-0.2, -0.15) is 0 Å². The average Bonchev–Trinajstić information content (AvgIpc) is 2.09. The van der Waals surface area contributed by atoms with Gasteiger partial charge in [0.05, 0.1) is 5.25 Å². The van der Waals surface area contributed by atoms with Crippen LogP contribution in [0.1, 0.15) is 27.2 Å². The third-order valence-electron chi connectivity index (χ3n) is 2.53. The van der Waals surface area contributed by atoms with E-state index in [1.165, 1.54) is 0 Å². The van der Waals surface area contributed by atoms with Gasteiger partial charge in [-0.15, -0.1) is 0 Å². The zero-order chi connectivity index (χ0) is 10.0. The van der Waals surface area contributed by atoms with Gasteiger partial charge in [0.1, 0.15) is 0 Å². The van der Waals surface area contributed by atoms with Crippen LogP contribution in [0.25, 0.3) is 0 Å². The predicted octanol–water partition coefficient (Wildman–Crippen LogP) is 0.764. The molecule has 0 aliphatic carbocycles. The molecule has 3 unspecified atom stereocenters. The van der Waals surface area contributed by atoms with E-state index in [0.29, 0.717) is 13.1 Å². The lowest BCUT2D eigenvalue weighted by Gasteiger charge is -2.34. The van der Waals surface area contributed by atoms with Gasteiger partial charge in [-0.1, -0.05) is 6.92 Å². The lowest BCUT2D eigenvalue weighted by molar-refractivity contribution is -0.129. The number of rotatable bonds is 1. The van der Waals surface area contributed by atoms with E-state index in [0.717, 1.165) is 6.42 Å². The second-order valence-corrected chi connectivity index (χ2v) is 5.72. The Hall–Kier alpha value is -0.380. The number of hydrogen-bond donors (Lipinski definition) is 0. The second kappa shape index (κ2) is 4.22. The molecule has 0 N–H and O–H groups in total. The summed E-state index contributed by atoms with van der Waals surface area (Å²) in [5.41, 5.74) is 0. The van der Waals surface area contributed by atoms with Gasteiger partial charge in [-0.3, -0.25) is 9.00 Å². The van der Waals surface area contributed by atoms with Gasteiger partial charge in [-0.25, -0.2) is 0 Å². The van der Waals surface area contributed by atoms with E-state index in [2.05, 4.69) is 0 Å². The normalized spacial score (nSPS) is 34.7. The van der Waals surface area contributed by atoms with E-state index in [1.807, 2.05) is 13.8 Å². The summed E-state index contributed by atoms with van der Waals surface area (Å²) in [6.07, 6.45) is 0.890. The van der Waals surface area contributed by atoms with Crippen molar-refractivity contribution >= 4 is 16.7 Å². The molecule has 4 heteroatoms. The van der Waals surface area contributed by atoms with E-state index in [1.54, 1.807) is 11.8 Å². The third kappa shape index (κ3) is 2.30. The van der Waals surface area contributed by atoms with Crippen molar-refractivity contribution in [1.82, 2.24) is 4.90 Å². The number of nitrogens with zero attached hydrogens (tertiary/aromatic N) is 1. The van der Waals surface area contributed by atoms with E-state index < -0.39 is 10.8 Å². The Balaban J connectivity index is 2.68. The fourth-order valence-corrected chi connectivity index (χ4v) is 3.30. The minimum absolute atomic E-state index is 0.0991. The molecule has 1 aliphatic rings. The van der Waals surface area contributed by atoms with Crippen LogP contribution < -0.4 is 0 Å². The molecule has 0 bridgehead atoms. The van der Waals surface area contributed by atoms with E-state index in [9.17, 15) is 9.00 Å². The van der Waals surface area contributed by atoms with Crippen LogP contribution >= 0.6 is 0 Å². The van der Waals surface area contributed by atoms with Crippen molar-refractivity contribution < 1.29 is 9.00 Å². The molecule has 0 aromatic heterocycles. The fourth-order valence-electron chi connectivity index (χ4n) is 1.66. The highest BCUT2D eigenvalue weighted by Crippen LogP contribution is 2.17. The van der Waals surface area contributed by atoms with Gasteiger partial charge >= 0.3 is 0 Å². The van der Waals surface area contributed by atoms with Crippen LogP contribution in [0, 0.1) is 0 Å². The minimum atomic E-state index is -0.754. The maximum absolute atomic E-state index is 11.7. The zero-order valence-electron chi connectivity index (χ0n) is 8.45. The first-order chi connectivity index (χ1) is 6.06. The first kappa shape index (κ1) is 10.7. The van der Waals surface area contributed by atoms with E-state index >= 15 is 0 Å². The Morgan fingerprint density at radius 3 is 2.62 bits per heavy atom. The van der Waals surface area contributed by atoms with Crippen molar-refractivity contribution in [3.63, 3.8) is 0 Å². The molecule has 0 spiro atoms. The van der Waals surface area contributed by atoms with E-state index in [4.69, 9.17) is 0 Å². The molecular formula is C9H17NO2S. The molecule has 1 aliphatic heterocycles. The highest BCUT2D eigenvalue weighted by molar-refractivity contribution is 7.86. The monoisotopic (exact) mass is 203 g/mol. The summed E-state index contributed by atoms with van der Waals surface area (Å²) in [6, 6.07) is 0. The van der Waals surface area contributed by atoms with Crippen molar-refractivity contribution in [3.8, 4) is 0 Å². The van der Waals surface area contributed by atoms with Crippen LogP contribution in [0.3, 0.4) is 0 Å². The summed E-state index contributed by atoms with van der Waals surface area (Å²) in [4.78, 5) is 12.9. The standard InChI is InChI=1S/C9H17NO2S/c1-4-9-6-10(8(3)11)5-7(2)13(9)12/h7,9H,4-6H2,1-3H3. The molecule has 0 aromatic rings. The molecule has 3 atom stereocenters. The molecule has 1 saturated heterocycles. The molecule has 1 fully saturated rings. The van der Waals surface area contributed by atoms with Crippen LogP contribution in [-0.2, 0) is 15.6 Å². The predicted molar refractivity (Wildman–Crippen MR) is 53.9 cm³/mol. The summed E-state index contributed by atoms with van der Waals surface area (Å²) in [5.74, 6) is 0.0991. The van der Waals surface area contributed by atoms with Gasteiger partial charge in [0.15, 0.2) is 0 Å². The highest BCUT2D eigenvalue weighted by atomic mass is 32.2. The largest absolute Gasteiger partial charge is 0.341 e. The first-order valence-electron chi connectivity index (χ1n) is 4.71. The molecule has 1 heterocycles. The second-order valence-electron chi connectivity index (χ2n) is 3.59. The minimum Gasteiger partial charge on any atom is -0.341 e. The van der Waals surface area contributed by atoms with Gasteiger partial charge in [0.25, 0.3) is 0 Å². The lowest BCUT2D eigenvalue weighted by atomic mass is 10.2. The Kier molecular flexibility index (Phi) is 3.47. The highest BCUT2D eigenvalue weighted by Gasteiger charge is 2.31. The molecule has 0 aromatic carbocycles. The molecule has 3 nitrogen and oxygen atoms in total. The SMILES string of the molecule is CCC1CN(C(C)=O)CC(C)S1=O. The van der Waals surface area contributed by atoms with Crippen molar-refractivity contribution in [3.05, 3.63) is 0 Å². The molecule has 1 rings (SSSR count). The Morgan fingerprint density at radius 2 is 2.15 bits per heavy atom. The summed E-state index contributed by atoms with van der Waals surface area (Å²) in [6.45, 7) is 6.88. The molecule has 0 radical (unpaired) electrons. The van der Waals surface area contributed by atoms with Crippen molar-refractivity contribution in [2.75, 3.05) is 13.1 Å². The molecule has 1 amide bonds. The van der Waals surface area contributed by atoms with Gasteiger partial charge in [0, 0.05) is 36.1 Å². The quantitative estimate of drug-likeness (QED) is 0.631. The first-order valence-corrected chi connectivity index (χ1v) is 5.98. The van der Waals surface area contributed by atoms with Crippen molar-refractivity contribution in [1.29, 1.82) is 0 Å². The number of carbonyl (C=O) groups excluding carboxylic acids is 1. The number of carbonyl (C=O) groups is 1. The molecule has 76 valence electrons. The van der Waals surface area contributed by atoms with Crippen LogP contribution in [-0.4, -0.2) is 38.6 Å². The maximum atomic E-state index is 11.7. The average molecular weight is 203 g/mol. The smallest absolute Gasteiger partial charge is 0.219 e. The maximum Gasteiger partial charge on any atom is 0.219 e. The van der Waals surface area contributed by atoms with Crippen LogP contribution in [0.5, 0.6) is 0 Å². The third-order valence-corrected chi connectivity index (χ3v) is 4.61. The fraction of sp³-hybridized carbons (Fsp3) is 0.889. The lowest BCUT2D eigenvalue weighted by Crippen LogP contribution is -2.49. The molecule has 13 heavy (non-hydrogen) atoms. The van der Waals surface area contributed by atoms with Crippen LogP contribution in [0.2, 0.25) is 0 Å². The number of amides is 1. The van der Waals surface area contributed by atoms with Gasteiger partial charge < -0.3 is 4.90 Å². The van der Waals surface area contributed by atoms with Crippen molar-refractivity contribution in [2.45, 2.75) is 37.7 Å². The number of hydrogen-bond acceptors (Lipinski definition) is 2. The van der Waals surface area contributed by atoms with Crippen LogP contribution in [0.4, 0.5) is 0 Å². The van der Waals surface area contributed by atoms with Gasteiger partial charge in [-0.05, 0) is 13.3 Å². The summed E-state index contributed by atoms with van der Waals surface area (Å²) >= 11 is 0. The van der Waals surface area contributed by atoms with Crippen LogP contribution in [0.15, 0.2) is 0 Å². The molecular weight excluding hydrogens is 186 g/mol. The summed E-state index contributed by atoms with van der Waals surface area (Å²) in [7, 11) is -0.754. The zero-order valence-corrected chi connectivity index (χ0v) is 9.26. The van der Waals surface area contributed by atoms with E-state index in [-0.39, 0.29) is 16.4 Å². The summed E-state index contributed by atoms with van der Waals surface area (Å²) < 4.78 is 11.7. The van der Waals surface area contributed by atoms with Crippen molar-refractivity contribution in [2.24, 2.45) is 0 Å². The molecule has 0 saturated carbocycles. The summed E-state index contributed by atoms with van der Waals surface area (Å²) in [5, 5.41) is 0.301. The van der Waals surface area contributed by atoms with Gasteiger partial charge in [0.2, 0.25) is 5.91 Å². The Bertz CT molecular complexity index is 230.